The molecule has 0 saturated carbocycles. The summed E-state index contributed by atoms with van der Waals surface area (Å²) in [6, 6.07) is 5.23. The molecule has 3 heteroatoms. The SMILES string of the molecule is C#Cc1ccc2c(c1)OCC(=O)N2. The lowest BCUT2D eigenvalue weighted by Gasteiger charge is -2.17. The van der Waals surface area contributed by atoms with Gasteiger partial charge in [-0.1, -0.05) is 5.92 Å². The molecule has 0 saturated heterocycles. The molecule has 0 fully saturated rings. The minimum absolute atomic E-state index is 0.0566. The highest BCUT2D eigenvalue weighted by atomic mass is 16.5. The largest absolute Gasteiger partial charge is 0.482 e. The number of terminal acetylenes is 1. The Morgan fingerprint density at radius 1 is 1.54 bits per heavy atom. The van der Waals surface area contributed by atoms with E-state index in [0.29, 0.717) is 11.4 Å². The number of hydrogen-bond donors (Lipinski definition) is 1. The van der Waals surface area contributed by atoms with Crippen LogP contribution in [0.1, 0.15) is 5.56 Å². The third-order valence-electron chi connectivity index (χ3n) is 1.78. The Kier molecular flexibility index (Phi) is 1.67. The molecule has 0 radical (unpaired) electrons. The lowest BCUT2D eigenvalue weighted by molar-refractivity contribution is -0.118. The van der Waals surface area contributed by atoms with Gasteiger partial charge < -0.3 is 10.1 Å². The average Bonchev–Trinajstić information content (AvgIpc) is 2.17. The van der Waals surface area contributed by atoms with Crippen molar-refractivity contribution in [2.45, 2.75) is 0 Å². The summed E-state index contributed by atoms with van der Waals surface area (Å²) in [5.74, 6) is 2.99. The summed E-state index contributed by atoms with van der Waals surface area (Å²) in [6.45, 7) is 0.0566. The maximum absolute atomic E-state index is 10.9. The topological polar surface area (TPSA) is 38.3 Å². The summed E-state index contributed by atoms with van der Waals surface area (Å²) in [7, 11) is 0. The van der Waals surface area contributed by atoms with Crippen LogP contribution in [0, 0.1) is 12.3 Å². The van der Waals surface area contributed by atoms with E-state index in [9.17, 15) is 4.79 Å². The zero-order chi connectivity index (χ0) is 9.26. The molecule has 0 atom stereocenters. The Labute approximate surface area is 75.7 Å². The first kappa shape index (κ1) is 7.69. The van der Waals surface area contributed by atoms with Gasteiger partial charge in [0.25, 0.3) is 5.91 Å². The number of fused-ring (bicyclic) bond motifs is 1. The van der Waals surface area contributed by atoms with Gasteiger partial charge in [-0.15, -0.1) is 6.42 Å². The Hall–Kier alpha value is -1.95. The number of amides is 1. The van der Waals surface area contributed by atoms with Gasteiger partial charge in [0.15, 0.2) is 6.61 Å². The maximum Gasteiger partial charge on any atom is 0.262 e. The number of anilines is 1. The molecule has 1 aromatic carbocycles. The third kappa shape index (κ3) is 1.34. The van der Waals surface area contributed by atoms with Crippen molar-refractivity contribution < 1.29 is 9.53 Å². The minimum atomic E-state index is -0.138. The highest BCUT2D eigenvalue weighted by Gasteiger charge is 2.15. The van der Waals surface area contributed by atoms with Crippen LogP contribution in [-0.4, -0.2) is 12.5 Å². The monoisotopic (exact) mass is 173 g/mol. The van der Waals surface area contributed by atoms with Crippen molar-refractivity contribution in [2.24, 2.45) is 0 Å². The number of benzene rings is 1. The van der Waals surface area contributed by atoms with Gasteiger partial charge in [0.2, 0.25) is 0 Å². The molecule has 0 unspecified atom stereocenters. The van der Waals surface area contributed by atoms with E-state index in [1.807, 2.05) is 0 Å². The van der Waals surface area contributed by atoms with Crippen molar-refractivity contribution in [2.75, 3.05) is 11.9 Å². The molecule has 2 rings (SSSR count). The second-order valence-electron chi connectivity index (χ2n) is 2.69. The van der Waals surface area contributed by atoms with Crippen molar-refractivity contribution in [3.05, 3.63) is 23.8 Å². The smallest absolute Gasteiger partial charge is 0.262 e. The van der Waals surface area contributed by atoms with Crippen LogP contribution in [0.4, 0.5) is 5.69 Å². The number of rotatable bonds is 0. The standard InChI is InChI=1S/C10H7NO2/c1-2-7-3-4-8-9(5-7)13-6-10(12)11-8/h1,3-5H,6H2,(H,11,12). The van der Waals surface area contributed by atoms with E-state index >= 15 is 0 Å². The predicted octanol–water partition coefficient (Wildman–Crippen LogP) is 0.999. The fraction of sp³-hybridized carbons (Fsp3) is 0.100. The van der Waals surface area contributed by atoms with Crippen LogP contribution in [0.25, 0.3) is 0 Å². The summed E-state index contributed by atoms with van der Waals surface area (Å²) < 4.78 is 5.17. The van der Waals surface area contributed by atoms with Crippen LogP contribution in [-0.2, 0) is 4.79 Å². The first-order valence-corrected chi connectivity index (χ1v) is 3.83. The average molecular weight is 173 g/mol. The summed E-state index contributed by atoms with van der Waals surface area (Å²) >= 11 is 0. The van der Waals surface area contributed by atoms with Crippen LogP contribution in [0.15, 0.2) is 18.2 Å². The highest BCUT2D eigenvalue weighted by Crippen LogP contribution is 2.27. The molecule has 3 nitrogen and oxygen atoms in total. The molecule has 1 amide bonds. The Balaban J connectivity index is 2.43. The van der Waals surface area contributed by atoms with Crippen LogP contribution in [0.3, 0.4) is 0 Å². The Bertz CT molecular complexity index is 404. The van der Waals surface area contributed by atoms with E-state index in [2.05, 4.69) is 11.2 Å². The molecular formula is C10H7NO2. The fourth-order valence-electron chi connectivity index (χ4n) is 1.16. The molecule has 0 aromatic heterocycles. The van der Waals surface area contributed by atoms with Crippen molar-refractivity contribution in [1.82, 2.24) is 0 Å². The van der Waals surface area contributed by atoms with E-state index in [4.69, 9.17) is 11.2 Å². The Morgan fingerprint density at radius 3 is 3.15 bits per heavy atom. The summed E-state index contributed by atoms with van der Waals surface area (Å²) in [6.07, 6.45) is 5.22. The number of nitrogens with one attached hydrogen (secondary N) is 1. The first-order chi connectivity index (χ1) is 6.29. The van der Waals surface area contributed by atoms with Gasteiger partial charge in [-0.25, -0.2) is 0 Å². The van der Waals surface area contributed by atoms with E-state index in [1.165, 1.54) is 0 Å². The number of carbonyl (C=O) groups excluding carboxylic acids is 1. The van der Waals surface area contributed by atoms with Gasteiger partial charge in [0.1, 0.15) is 5.75 Å². The lowest BCUT2D eigenvalue weighted by Crippen LogP contribution is -2.25. The van der Waals surface area contributed by atoms with Crippen LogP contribution in [0.2, 0.25) is 0 Å². The van der Waals surface area contributed by atoms with E-state index < -0.39 is 0 Å². The van der Waals surface area contributed by atoms with Crippen molar-refractivity contribution in [3.63, 3.8) is 0 Å². The van der Waals surface area contributed by atoms with E-state index in [0.717, 1.165) is 5.56 Å². The third-order valence-corrected chi connectivity index (χ3v) is 1.78. The van der Waals surface area contributed by atoms with Gasteiger partial charge in [-0.2, -0.15) is 0 Å². The zero-order valence-electron chi connectivity index (χ0n) is 6.83. The van der Waals surface area contributed by atoms with Crippen molar-refractivity contribution in [3.8, 4) is 18.1 Å². The fourth-order valence-corrected chi connectivity index (χ4v) is 1.16. The van der Waals surface area contributed by atoms with E-state index in [-0.39, 0.29) is 12.5 Å². The minimum Gasteiger partial charge on any atom is -0.482 e. The Morgan fingerprint density at radius 2 is 2.38 bits per heavy atom. The van der Waals surface area contributed by atoms with Crippen LogP contribution in [0.5, 0.6) is 5.75 Å². The van der Waals surface area contributed by atoms with Gasteiger partial charge in [-0.05, 0) is 18.2 Å². The molecule has 1 aliphatic rings. The number of hydrogen-bond acceptors (Lipinski definition) is 2. The van der Waals surface area contributed by atoms with Crippen molar-refractivity contribution >= 4 is 11.6 Å². The lowest BCUT2D eigenvalue weighted by atomic mass is 10.2. The molecule has 0 aliphatic carbocycles. The molecule has 1 aromatic rings. The highest BCUT2D eigenvalue weighted by molar-refractivity contribution is 5.95. The molecule has 1 N–H and O–H groups in total. The zero-order valence-corrected chi connectivity index (χ0v) is 6.83. The summed E-state index contributed by atoms with van der Waals surface area (Å²) in [5, 5.41) is 2.68. The molecule has 1 heterocycles. The van der Waals surface area contributed by atoms with Gasteiger partial charge >= 0.3 is 0 Å². The summed E-state index contributed by atoms with van der Waals surface area (Å²) in [5.41, 5.74) is 1.42. The normalized spacial score (nSPS) is 13.6. The van der Waals surface area contributed by atoms with Crippen molar-refractivity contribution in [1.29, 1.82) is 0 Å². The molecule has 0 spiro atoms. The van der Waals surface area contributed by atoms with Gasteiger partial charge in [0.05, 0.1) is 5.69 Å². The van der Waals surface area contributed by atoms with Gasteiger partial charge in [0, 0.05) is 5.56 Å². The second kappa shape index (κ2) is 2.83. The van der Waals surface area contributed by atoms with Crippen LogP contribution >= 0.6 is 0 Å². The molecule has 0 bridgehead atoms. The molecule has 13 heavy (non-hydrogen) atoms. The maximum atomic E-state index is 10.9. The predicted molar refractivity (Wildman–Crippen MR) is 48.5 cm³/mol. The molecule has 1 aliphatic heterocycles. The van der Waals surface area contributed by atoms with Gasteiger partial charge in [-0.3, -0.25) is 4.79 Å². The van der Waals surface area contributed by atoms with E-state index in [1.54, 1.807) is 18.2 Å². The summed E-state index contributed by atoms with van der Waals surface area (Å²) in [4.78, 5) is 10.9. The first-order valence-electron chi connectivity index (χ1n) is 3.83. The second-order valence-corrected chi connectivity index (χ2v) is 2.69. The molecular weight excluding hydrogens is 166 g/mol. The number of carbonyl (C=O) groups is 1. The molecule has 64 valence electrons. The van der Waals surface area contributed by atoms with Crippen LogP contribution < -0.4 is 10.1 Å². The number of ether oxygens (including phenoxy) is 1. The quantitative estimate of drug-likeness (QED) is 0.594.